The molecule has 3 atom stereocenters. The maximum atomic E-state index is 10.7. The molecule has 2 saturated carbocycles. The number of carboxylic acid groups (broad SMARTS) is 1. The fourth-order valence-electron chi connectivity index (χ4n) is 2.80. The highest BCUT2D eigenvalue weighted by atomic mass is 16.4. The summed E-state index contributed by atoms with van der Waals surface area (Å²) in [5, 5.41) is 12.1. The second-order valence-corrected chi connectivity index (χ2v) is 5.19. The Morgan fingerprint density at radius 1 is 1.27 bits per heavy atom. The largest absolute Gasteiger partial charge is 0.480 e. The Hall–Kier alpha value is -0.570. The highest BCUT2D eigenvalue weighted by molar-refractivity contribution is 5.72. The number of rotatable bonds is 4. The molecule has 2 rings (SSSR count). The van der Waals surface area contributed by atoms with Crippen LogP contribution in [-0.2, 0) is 4.79 Å². The van der Waals surface area contributed by atoms with E-state index < -0.39 is 12.0 Å². The molecule has 2 aliphatic rings. The lowest BCUT2D eigenvalue weighted by Gasteiger charge is -2.31. The Labute approximate surface area is 91.2 Å². The van der Waals surface area contributed by atoms with Crippen molar-refractivity contribution in [3.8, 4) is 0 Å². The topological polar surface area (TPSA) is 49.3 Å². The highest BCUT2D eigenvalue weighted by Gasteiger charge is 2.35. The maximum Gasteiger partial charge on any atom is 0.320 e. The van der Waals surface area contributed by atoms with Gasteiger partial charge < -0.3 is 10.4 Å². The maximum absolute atomic E-state index is 10.7. The van der Waals surface area contributed by atoms with Crippen molar-refractivity contribution in [2.45, 2.75) is 57.5 Å². The Morgan fingerprint density at radius 3 is 2.60 bits per heavy atom. The Kier molecular flexibility index (Phi) is 3.29. The lowest BCUT2D eigenvalue weighted by Crippen LogP contribution is -2.43. The highest BCUT2D eigenvalue weighted by Crippen LogP contribution is 2.43. The summed E-state index contributed by atoms with van der Waals surface area (Å²) >= 11 is 0. The molecule has 2 aliphatic carbocycles. The summed E-state index contributed by atoms with van der Waals surface area (Å²) in [7, 11) is 0. The fourth-order valence-corrected chi connectivity index (χ4v) is 2.80. The molecule has 0 spiro atoms. The van der Waals surface area contributed by atoms with E-state index in [0.717, 1.165) is 18.3 Å². The minimum Gasteiger partial charge on any atom is -0.480 e. The van der Waals surface area contributed by atoms with Crippen LogP contribution in [0, 0.1) is 11.8 Å². The van der Waals surface area contributed by atoms with Gasteiger partial charge in [0, 0.05) is 6.04 Å². The van der Waals surface area contributed by atoms with Gasteiger partial charge in [0.25, 0.3) is 0 Å². The van der Waals surface area contributed by atoms with Crippen molar-refractivity contribution in [1.82, 2.24) is 5.32 Å². The first kappa shape index (κ1) is 10.9. The minimum absolute atomic E-state index is 0.395. The first-order chi connectivity index (χ1) is 7.16. The van der Waals surface area contributed by atoms with E-state index in [1.165, 1.54) is 32.1 Å². The molecular weight excluding hydrogens is 190 g/mol. The molecule has 3 heteroatoms. The Bertz CT molecular complexity index is 238. The van der Waals surface area contributed by atoms with E-state index in [1.54, 1.807) is 6.92 Å². The predicted molar refractivity (Wildman–Crippen MR) is 58.7 cm³/mol. The van der Waals surface area contributed by atoms with Crippen LogP contribution in [0.2, 0.25) is 0 Å². The van der Waals surface area contributed by atoms with Crippen LogP contribution in [0.1, 0.15) is 45.4 Å². The number of hydrogen-bond acceptors (Lipinski definition) is 2. The van der Waals surface area contributed by atoms with Crippen molar-refractivity contribution in [3.05, 3.63) is 0 Å². The quantitative estimate of drug-likeness (QED) is 0.748. The SMILES string of the molecule is CC(NC1CCCC(C2CC2)C1)C(=O)O. The van der Waals surface area contributed by atoms with Gasteiger partial charge in [0.2, 0.25) is 0 Å². The monoisotopic (exact) mass is 211 g/mol. The van der Waals surface area contributed by atoms with Gasteiger partial charge in [-0.1, -0.05) is 12.8 Å². The third-order valence-electron chi connectivity index (χ3n) is 3.86. The van der Waals surface area contributed by atoms with Gasteiger partial charge in [-0.15, -0.1) is 0 Å². The number of carbonyl (C=O) groups is 1. The zero-order valence-electron chi connectivity index (χ0n) is 9.41. The molecule has 0 aromatic heterocycles. The van der Waals surface area contributed by atoms with Gasteiger partial charge in [0.1, 0.15) is 6.04 Å². The average molecular weight is 211 g/mol. The van der Waals surface area contributed by atoms with Crippen molar-refractivity contribution in [3.63, 3.8) is 0 Å². The molecule has 86 valence electrons. The number of aliphatic carboxylic acids is 1. The molecule has 0 saturated heterocycles. The minimum atomic E-state index is -0.733. The zero-order chi connectivity index (χ0) is 10.8. The van der Waals surface area contributed by atoms with Gasteiger partial charge >= 0.3 is 5.97 Å². The molecule has 3 unspecified atom stereocenters. The van der Waals surface area contributed by atoms with Crippen LogP contribution in [-0.4, -0.2) is 23.2 Å². The van der Waals surface area contributed by atoms with Crippen LogP contribution < -0.4 is 5.32 Å². The molecule has 2 fully saturated rings. The molecule has 3 nitrogen and oxygen atoms in total. The summed E-state index contributed by atoms with van der Waals surface area (Å²) in [4.78, 5) is 10.7. The first-order valence-electron chi connectivity index (χ1n) is 6.15. The van der Waals surface area contributed by atoms with E-state index in [4.69, 9.17) is 5.11 Å². The van der Waals surface area contributed by atoms with Crippen molar-refractivity contribution >= 4 is 5.97 Å². The van der Waals surface area contributed by atoms with Crippen LogP contribution in [0.15, 0.2) is 0 Å². The summed E-state index contributed by atoms with van der Waals surface area (Å²) in [5.74, 6) is 1.11. The number of nitrogens with one attached hydrogen (secondary N) is 1. The zero-order valence-corrected chi connectivity index (χ0v) is 9.41. The molecule has 0 heterocycles. The molecule has 15 heavy (non-hydrogen) atoms. The third-order valence-corrected chi connectivity index (χ3v) is 3.86. The van der Waals surface area contributed by atoms with Gasteiger partial charge in [-0.2, -0.15) is 0 Å². The standard InChI is InChI=1S/C12H21NO2/c1-8(12(14)15)13-11-4-2-3-10(7-11)9-5-6-9/h8-11,13H,2-7H2,1H3,(H,14,15). The van der Waals surface area contributed by atoms with E-state index in [2.05, 4.69) is 5.32 Å². The van der Waals surface area contributed by atoms with Crippen LogP contribution >= 0.6 is 0 Å². The van der Waals surface area contributed by atoms with E-state index in [0.29, 0.717) is 6.04 Å². The van der Waals surface area contributed by atoms with Crippen molar-refractivity contribution in [2.24, 2.45) is 11.8 Å². The lowest BCUT2D eigenvalue weighted by molar-refractivity contribution is -0.139. The molecular formula is C12H21NO2. The molecule has 0 aromatic rings. The van der Waals surface area contributed by atoms with Gasteiger partial charge in [-0.25, -0.2) is 0 Å². The Balaban J connectivity index is 1.79. The molecule has 2 N–H and O–H groups in total. The molecule has 0 aromatic carbocycles. The van der Waals surface area contributed by atoms with E-state index in [9.17, 15) is 4.79 Å². The molecule has 0 radical (unpaired) electrons. The molecule has 0 aliphatic heterocycles. The second kappa shape index (κ2) is 4.52. The van der Waals surface area contributed by atoms with Crippen LogP contribution in [0.3, 0.4) is 0 Å². The van der Waals surface area contributed by atoms with Gasteiger partial charge in [-0.3, -0.25) is 4.79 Å². The van der Waals surface area contributed by atoms with Crippen LogP contribution in [0.4, 0.5) is 0 Å². The lowest BCUT2D eigenvalue weighted by atomic mass is 9.82. The fraction of sp³-hybridized carbons (Fsp3) is 0.917. The van der Waals surface area contributed by atoms with Crippen molar-refractivity contribution in [2.75, 3.05) is 0 Å². The van der Waals surface area contributed by atoms with Gasteiger partial charge in [0.15, 0.2) is 0 Å². The predicted octanol–water partition coefficient (Wildman–Crippen LogP) is 2.02. The first-order valence-corrected chi connectivity index (χ1v) is 6.15. The summed E-state index contributed by atoms with van der Waals surface area (Å²) < 4.78 is 0. The molecule has 0 bridgehead atoms. The summed E-state index contributed by atoms with van der Waals surface area (Å²) in [6.45, 7) is 1.74. The third kappa shape index (κ3) is 2.94. The number of hydrogen-bond donors (Lipinski definition) is 2. The Morgan fingerprint density at radius 2 is 2.00 bits per heavy atom. The van der Waals surface area contributed by atoms with Crippen LogP contribution in [0.25, 0.3) is 0 Å². The summed E-state index contributed by atoms with van der Waals surface area (Å²) in [6.07, 6.45) is 7.80. The van der Waals surface area contributed by atoms with E-state index in [-0.39, 0.29) is 0 Å². The summed E-state index contributed by atoms with van der Waals surface area (Å²) in [5.41, 5.74) is 0. The average Bonchev–Trinajstić information content (AvgIpc) is 3.01. The van der Waals surface area contributed by atoms with Crippen molar-refractivity contribution < 1.29 is 9.90 Å². The van der Waals surface area contributed by atoms with E-state index in [1.807, 2.05) is 0 Å². The normalized spacial score (nSPS) is 33.7. The van der Waals surface area contributed by atoms with E-state index >= 15 is 0 Å². The van der Waals surface area contributed by atoms with Gasteiger partial charge in [0.05, 0.1) is 0 Å². The van der Waals surface area contributed by atoms with Crippen molar-refractivity contribution in [1.29, 1.82) is 0 Å². The summed E-state index contributed by atoms with van der Waals surface area (Å²) in [6, 6.07) is 0.0448. The number of carboxylic acids is 1. The van der Waals surface area contributed by atoms with Crippen LogP contribution in [0.5, 0.6) is 0 Å². The second-order valence-electron chi connectivity index (χ2n) is 5.19. The molecule has 0 amide bonds. The van der Waals surface area contributed by atoms with Gasteiger partial charge in [-0.05, 0) is 44.4 Å². The smallest absolute Gasteiger partial charge is 0.320 e.